The van der Waals surface area contributed by atoms with Crippen LogP contribution >= 0.6 is 0 Å². The van der Waals surface area contributed by atoms with Crippen molar-refractivity contribution in [3.05, 3.63) is 34.5 Å². The molecule has 1 aromatic carbocycles. The van der Waals surface area contributed by atoms with Gasteiger partial charge in [-0.3, -0.25) is 4.68 Å². The van der Waals surface area contributed by atoms with Crippen LogP contribution in [-0.2, 0) is 6.42 Å². The second-order valence-corrected chi connectivity index (χ2v) is 8.67. The molecule has 2 heterocycles. The molecule has 0 saturated carbocycles. The summed E-state index contributed by atoms with van der Waals surface area (Å²) in [7, 11) is 2.23. The van der Waals surface area contributed by atoms with Crippen molar-refractivity contribution in [3.63, 3.8) is 0 Å². The van der Waals surface area contributed by atoms with Crippen molar-refractivity contribution >= 4 is 16.9 Å². The number of carbonyl (C=O) groups is 1. The molecule has 1 saturated heterocycles. The van der Waals surface area contributed by atoms with Crippen LogP contribution in [0.1, 0.15) is 68.0 Å². The molecular formula is C23H34N4O2. The Hall–Kier alpha value is -2.05. The van der Waals surface area contributed by atoms with Gasteiger partial charge in [0.05, 0.1) is 11.6 Å². The molecule has 2 amide bonds. The quantitative estimate of drug-likeness (QED) is 0.825. The monoisotopic (exact) mass is 398 g/mol. The van der Waals surface area contributed by atoms with Gasteiger partial charge in [0.1, 0.15) is 0 Å². The maximum atomic E-state index is 12.8. The highest BCUT2D eigenvalue weighted by atomic mass is 16.3. The van der Waals surface area contributed by atoms with E-state index in [2.05, 4.69) is 36.4 Å². The topological polar surface area (TPSA) is 60.7 Å². The van der Waals surface area contributed by atoms with Crippen LogP contribution in [0, 0.1) is 6.92 Å². The molecule has 2 N–H and O–H groups in total. The van der Waals surface area contributed by atoms with Gasteiger partial charge in [-0.05, 0) is 83.3 Å². The van der Waals surface area contributed by atoms with Crippen LogP contribution in [0.3, 0.4) is 0 Å². The minimum Gasteiger partial charge on any atom is -0.389 e. The van der Waals surface area contributed by atoms with Crippen LogP contribution in [0.15, 0.2) is 12.1 Å². The number of aliphatic hydroxyl groups excluding tert-OH is 1. The molecule has 2 aromatic rings. The van der Waals surface area contributed by atoms with Gasteiger partial charge in [0, 0.05) is 36.1 Å². The molecule has 1 aliphatic carbocycles. The van der Waals surface area contributed by atoms with Crippen LogP contribution < -0.4 is 5.43 Å². The second-order valence-electron chi connectivity index (χ2n) is 8.67. The third kappa shape index (κ3) is 3.22. The lowest BCUT2D eigenvalue weighted by atomic mass is 9.74. The number of urea groups is 1. The van der Waals surface area contributed by atoms with Crippen molar-refractivity contribution in [1.29, 1.82) is 0 Å². The van der Waals surface area contributed by atoms with E-state index in [1.807, 2.05) is 25.4 Å². The zero-order valence-electron chi connectivity index (χ0n) is 18.3. The molecular weight excluding hydrogens is 364 g/mol. The zero-order valence-corrected chi connectivity index (χ0v) is 18.3. The SMILES string of the molecule is CCN(CC)C(=O)Nn1c(C)c2c3c(cc(C(C)O)cc31)[C@H]1CCCN(C)[C@@H]1C2. The molecule has 1 aliphatic heterocycles. The molecule has 6 heteroatoms. The Kier molecular flexibility index (Phi) is 5.34. The molecule has 29 heavy (non-hydrogen) atoms. The molecule has 6 nitrogen and oxygen atoms in total. The Morgan fingerprint density at radius 3 is 2.72 bits per heavy atom. The first kappa shape index (κ1) is 20.2. The van der Waals surface area contributed by atoms with Crippen LogP contribution in [0.25, 0.3) is 10.9 Å². The molecule has 4 rings (SSSR count). The third-order valence-electron chi connectivity index (χ3n) is 7.10. The standard InChI is InChI=1S/C23H34N4O2/c1-6-26(7-2)23(29)24-27-14(3)18-13-20-17(9-8-10-25(20)5)19-11-16(15(4)28)12-21(27)22(18)19/h11-12,15,17,20,28H,6-10,13H2,1-5H3,(H,24,29)/t15?,17-,20-/m1/s1. The van der Waals surface area contributed by atoms with E-state index in [4.69, 9.17) is 0 Å². The fourth-order valence-corrected chi connectivity index (χ4v) is 5.37. The number of hydrogen-bond acceptors (Lipinski definition) is 3. The summed E-state index contributed by atoms with van der Waals surface area (Å²) in [6.45, 7) is 10.4. The van der Waals surface area contributed by atoms with Gasteiger partial charge in [-0.1, -0.05) is 6.07 Å². The van der Waals surface area contributed by atoms with Crippen molar-refractivity contribution in [1.82, 2.24) is 14.5 Å². The van der Waals surface area contributed by atoms with Crippen LogP contribution in [0.4, 0.5) is 4.79 Å². The number of aliphatic hydroxyl groups is 1. The summed E-state index contributed by atoms with van der Waals surface area (Å²) in [5.41, 5.74) is 8.84. The van der Waals surface area contributed by atoms with E-state index in [9.17, 15) is 9.90 Å². The lowest BCUT2D eigenvalue weighted by Gasteiger charge is -2.42. The normalized spacial score (nSPS) is 22.4. The molecule has 0 bridgehead atoms. The van der Waals surface area contributed by atoms with Crippen molar-refractivity contribution in [2.24, 2.45) is 0 Å². The van der Waals surface area contributed by atoms with Gasteiger partial charge in [-0.25, -0.2) is 10.2 Å². The Labute approximate surface area is 173 Å². The van der Waals surface area contributed by atoms with E-state index in [0.29, 0.717) is 25.0 Å². The van der Waals surface area contributed by atoms with Gasteiger partial charge in [0.15, 0.2) is 0 Å². The summed E-state index contributed by atoms with van der Waals surface area (Å²) >= 11 is 0. The summed E-state index contributed by atoms with van der Waals surface area (Å²) in [4.78, 5) is 17.1. The van der Waals surface area contributed by atoms with E-state index in [1.165, 1.54) is 29.4 Å². The van der Waals surface area contributed by atoms with Crippen molar-refractivity contribution in [2.45, 2.75) is 65.0 Å². The minimum absolute atomic E-state index is 0.0840. The van der Waals surface area contributed by atoms with Gasteiger partial charge in [-0.2, -0.15) is 0 Å². The second kappa shape index (κ2) is 7.65. The van der Waals surface area contributed by atoms with Crippen LogP contribution in [0.5, 0.6) is 0 Å². The van der Waals surface area contributed by atoms with Crippen molar-refractivity contribution in [2.75, 3.05) is 32.1 Å². The number of nitrogens with one attached hydrogen (secondary N) is 1. The Morgan fingerprint density at radius 1 is 1.34 bits per heavy atom. The zero-order chi connectivity index (χ0) is 20.9. The molecule has 0 radical (unpaired) electrons. The van der Waals surface area contributed by atoms with Gasteiger partial charge in [0.25, 0.3) is 0 Å². The molecule has 1 unspecified atom stereocenters. The predicted molar refractivity (Wildman–Crippen MR) is 117 cm³/mol. The molecule has 0 spiro atoms. The lowest BCUT2D eigenvalue weighted by molar-refractivity contribution is 0.156. The van der Waals surface area contributed by atoms with Gasteiger partial charge in [0.2, 0.25) is 0 Å². The lowest BCUT2D eigenvalue weighted by Crippen LogP contribution is -2.44. The van der Waals surface area contributed by atoms with Crippen LogP contribution in [-0.4, -0.2) is 58.3 Å². The highest BCUT2D eigenvalue weighted by Crippen LogP contribution is 2.45. The first-order chi connectivity index (χ1) is 13.9. The van der Waals surface area contributed by atoms with Crippen molar-refractivity contribution in [3.8, 4) is 0 Å². The molecule has 158 valence electrons. The van der Waals surface area contributed by atoms with Gasteiger partial charge >= 0.3 is 6.03 Å². The van der Waals surface area contributed by atoms with Gasteiger partial charge in [-0.15, -0.1) is 0 Å². The number of likely N-dealkylation sites (N-methyl/N-ethyl adjacent to an activating group) is 1. The molecule has 1 fully saturated rings. The highest BCUT2D eigenvalue weighted by Gasteiger charge is 2.38. The predicted octanol–water partition coefficient (Wildman–Crippen LogP) is 3.74. The number of fused-ring (bicyclic) bond motifs is 2. The summed E-state index contributed by atoms with van der Waals surface area (Å²) < 4.78 is 1.96. The number of piperidine rings is 1. The summed E-state index contributed by atoms with van der Waals surface area (Å²) in [5.74, 6) is 0.483. The molecule has 2 aliphatic rings. The minimum atomic E-state index is -0.539. The Morgan fingerprint density at radius 2 is 2.07 bits per heavy atom. The smallest absolute Gasteiger partial charge is 0.336 e. The van der Waals surface area contributed by atoms with Crippen LogP contribution in [0.2, 0.25) is 0 Å². The largest absolute Gasteiger partial charge is 0.389 e. The number of carbonyl (C=O) groups excluding carboxylic acids is 1. The van der Waals surface area contributed by atoms with E-state index in [-0.39, 0.29) is 6.03 Å². The number of likely N-dealkylation sites (tertiary alicyclic amines) is 1. The van der Waals surface area contributed by atoms with E-state index in [1.54, 1.807) is 4.90 Å². The first-order valence-electron chi connectivity index (χ1n) is 11.0. The molecule has 3 atom stereocenters. The fraction of sp³-hybridized carbons (Fsp3) is 0.609. The first-order valence-corrected chi connectivity index (χ1v) is 11.0. The fourth-order valence-electron chi connectivity index (χ4n) is 5.37. The average molecular weight is 399 g/mol. The average Bonchev–Trinajstić information content (AvgIpc) is 2.96. The number of benzene rings is 1. The van der Waals surface area contributed by atoms with Gasteiger partial charge < -0.3 is 14.9 Å². The maximum absolute atomic E-state index is 12.8. The summed E-state index contributed by atoms with van der Waals surface area (Å²) in [6.07, 6.45) is 2.86. The highest BCUT2D eigenvalue weighted by molar-refractivity contribution is 5.93. The maximum Gasteiger partial charge on any atom is 0.336 e. The molecule has 1 aromatic heterocycles. The van der Waals surface area contributed by atoms with E-state index in [0.717, 1.165) is 29.7 Å². The number of aromatic nitrogens is 1. The van der Waals surface area contributed by atoms with Crippen molar-refractivity contribution < 1.29 is 9.90 Å². The van der Waals surface area contributed by atoms with E-state index >= 15 is 0 Å². The number of rotatable bonds is 4. The third-order valence-corrected chi connectivity index (χ3v) is 7.10. The van der Waals surface area contributed by atoms with E-state index < -0.39 is 6.10 Å². The number of nitrogens with zero attached hydrogens (tertiary/aromatic N) is 3. The summed E-state index contributed by atoms with van der Waals surface area (Å²) in [5, 5.41) is 11.6. The summed E-state index contributed by atoms with van der Waals surface area (Å²) in [6, 6.07) is 4.66. The Bertz CT molecular complexity index is 929. The Balaban J connectivity index is 1.89. The number of amides is 2. The number of hydrogen-bond donors (Lipinski definition) is 2.